The van der Waals surface area contributed by atoms with Gasteiger partial charge >= 0.3 is 0 Å². The van der Waals surface area contributed by atoms with Crippen LogP contribution in [0, 0.1) is 5.92 Å². The topological polar surface area (TPSA) is 46.3 Å². The molecule has 0 aliphatic carbocycles. The number of nitrogens with two attached hydrogens (primary N) is 1. The zero-order valence-electron chi connectivity index (χ0n) is 10.9. The molecule has 1 saturated heterocycles. The van der Waals surface area contributed by atoms with E-state index in [1.807, 2.05) is 18.7 Å². The van der Waals surface area contributed by atoms with Gasteiger partial charge in [0.2, 0.25) is 5.91 Å². The Morgan fingerprint density at radius 3 is 2.69 bits per heavy atom. The lowest BCUT2D eigenvalue weighted by atomic mass is 9.95. The summed E-state index contributed by atoms with van der Waals surface area (Å²) in [6.07, 6.45) is 5.81. The normalized spacial score (nSPS) is 23.6. The van der Waals surface area contributed by atoms with Crippen molar-refractivity contribution in [2.45, 2.75) is 65.0 Å². The van der Waals surface area contributed by atoms with Crippen molar-refractivity contribution in [3.63, 3.8) is 0 Å². The first-order chi connectivity index (χ1) is 7.57. The van der Waals surface area contributed by atoms with E-state index >= 15 is 0 Å². The van der Waals surface area contributed by atoms with Crippen LogP contribution in [-0.2, 0) is 4.79 Å². The van der Waals surface area contributed by atoms with Crippen LogP contribution in [-0.4, -0.2) is 29.4 Å². The summed E-state index contributed by atoms with van der Waals surface area (Å²) >= 11 is 0. The summed E-state index contributed by atoms with van der Waals surface area (Å²) in [6.45, 7) is 7.12. The first-order valence-electron chi connectivity index (χ1n) is 6.64. The number of carbonyl (C=O) groups is 1. The van der Waals surface area contributed by atoms with E-state index in [9.17, 15) is 4.79 Å². The fourth-order valence-electron chi connectivity index (χ4n) is 2.40. The van der Waals surface area contributed by atoms with Crippen LogP contribution in [0.25, 0.3) is 0 Å². The molecule has 2 N–H and O–H groups in total. The Bertz CT molecular complexity index is 226. The maximum Gasteiger partial charge on any atom is 0.239 e. The second kappa shape index (κ2) is 6.24. The monoisotopic (exact) mass is 226 g/mol. The highest BCUT2D eigenvalue weighted by atomic mass is 16.2. The Balaban J connectivity index is 2.63. The van der Waals surface area contributed by atoms with E-state index in [1.54, 1.807) is 0 Å². The van der Waals surface area contributed by atoms with Gasteiger partial charge in [-0.05, 0) is 31.6 Å². The van der Waals surface area contributed by atoms with Gasteiger partial charge < -0.3 is 10.6 Å². The average molecular weight is 226 g/mol. The number of hydrogen-bond acceptors (Lipinski definition) is 2. The van der Waals surface area contributed by atoms with Crippen LogP contribution in [0.4, 0.5) is 0 Å². The summed E-state index contributed by atoms with van der Waals surface area (Å²) in [6, 6.07) is 0.119. The second-order valence-corrected chi connectivity index (χ2v) is 5.24. The van der Waals surface area contributed by atoms with Crippen molar-refractivity contribution in [1.29, 1.82) is 0 Å². The first-order valence-corrected chi connectivity index (χ1v) is 6.64. The largest absolute Gasteiger partial charge is 0.338 e. The maximum absolute atomic E-state index is 12.2. The molecule has 1 rings (SSSR count). The highest BCUT2D eigenvalue weighted by molar-refractivity contribution is 5.82. The molecular formula is C13H26N2O. The Hall–Kier alpha value is -0.570. The quantitative estimate of drug-likeness (QED) is 0.798. The summed E-state index contributed by atoms with van der Waals surface area (Å²) in [5.74, 6) is 0.393. The van der Waals surface area contributed by atoms with Crippen LogP contribution in [0.3, 0.4) is 0 Å². The zero-order valence-corrected chi connectivity index (χ0v) is 10.9. The molecule has 0 aromatic rings. The molecule has 94 valence electrons. The van der Waals surface area contributed by atoms with Gasteiger partial charge in [-0.1, -0.05) is 27.2 Å². The lowest BCUT2D eigenvalue weighted by Crippen LogP contribution is -2.52. The Morgan fingerprint density at radius 1 is 1.44 bits per heavy atom. The summed E-state index contributed by atoms with van der Waals surface area (Å²) in [7, 11) is 0. The van der Waals surface area contributed by atoms with Crippen LogP contribution in [0.15, 0.2) is 0 Å². The van der Waals surface area contributed by atoms with Crippen LogP contribution < -0.4 is 5.73 Å². The molecule has 0 spiro atoms. The van der Waals surface area contributed by atoms with Crippen LogP contribution in [0.1, 0.15) is 52.9 Å². The fourth-order valence-corrected chi connectivity index (χ4v) is 2.40. The minimum atomic E-state index is -0.322. The predicted molar refractivity (Wildman–Crippen MR) is 67.1 cm³/mol. The van der Waals surface area contributed by atoms with Crippen molar-refractivity contribution in [2.24, 2.45) is 11.7 Å². The first kappa shape index (κ1) is 13.5. The molecule has 0 aromatic carbocycles. The number of amides is 1. The van der Waals surface area contributed by atoms with E-state index in [4.69, 9.17) is 5.73 Å². The van der Waals surface area contributed by atoms with Crippen molar-refractivity contribution in [3.05, 3.63) is 0 Å². The summed E-state index contributed by atoms with van der Waals surface area (Å²) in [5.41, 5.74) is 5.96. The lowest BCUT2D eigenvalue weighted by molar-refractivity contribution is -0.137. The van der Waals surface area contributed by atoms with Gasteiger partial charge in [0, 0.05) is 12.6 Å². The van der Waals surface area contributed by atoms with Gasteiger partial charge in [0.15, 0.2) is 0 Å². The molecule has 1 aliphatic rings. The number of rotatable bonds is 4. The summed E-state index contributed by atoms with van der Waals surface area (Å²) in [5, 5.41) is 0. The summed E-state index contributed by atoms with van der Waals surface area (Å²) in [4.78, 5) is 14.3. The van der Waals surface area contributed by atoms with E-state index in [0.29, 0.717) is 6.04 Å². The molecule has 16 heavy (non-hydrogen) atoms. The van der Waals surface area contributed by atoms with E-state index in [0.717, 1.165) is 32.2 Å². The van der Waals surface area contributed by atoms with Crippen molar-refractivity contribution < 1.29 is 4.79 Å². The average Bonchev–Trinajstić information content (AvgIpc) is 2.28. The molecule has 0 bridgehead atoms. The fraction of sp³-hybridized carbons (Fsp3) is 0.923. The van der Waals surface area contributed by atoms with Crippen LogP contribution in [0.2, 0.25) is 0 Å². The molecule has 3 nitrogen and oxygen atoms in total. The van der Waals surface area contributed by atoms with Gasteiger partial charge in [-0.25, -0.2) is 0 Å². The highest BCUT2D eigenvalue weighted by Crippen LogP contribution is 2.22. The van der Waals surface area contributed by atoms with Gasteiger partial charge in [0.1, 0.15) is 0 Å². The highest BCUT2D eigenvalue weighted by Gasteiger charge is 2.30. The number of piperidine rings is 1. The molecule has 1 amide bonds. The molecule has 1 unspecified atom stereocenters. The van der Waals surface area contributed by atoms with Gasteiger partial charge in [-0.2, -0.15) is 0 Å². The van der Waals surface area contributed by atoms with Crippen molar-refractivity contribution >= 4 is 5.91 Å². The smallest absolute Gasteiger partial charge is 0.239 e. The van der Waals surface area contributed by atoms with E-state index < -0.39 is 0 Å². The van der Waals surface area contributed by atoms with Crippen molar-refractivity contribution in [3.8, 4) is 0 Å². The summed E-state index contributed by atoms with van der Waals surface area (Å²) < 4.78 is 0. The number of likely N-dealkylation sites (tertiary alicyclic amines) is 1. The molecule has 1 aliphatic heterocycles. The minimum absolute atomic E-state index is 0.160. The minimum Gasteiger partial charge on any atom is -0.338 e. The lowest BCUT2D eigenvalue weighted by Gasteiger charge is -2.38. The standard InChI is InChI=1S/C13H26N2O/c1-4-7-11-8-5-6-9-15(11)13(16)12(14)10(2)3/h10-12H,4-9,14H2,1-3H3/t11?,12-/m1/s1. The molecule has 2 atom stereocenters. The molecule has 1 fully saturated rings. The molecule has 3 heteroatoms. The third-order valence-electron chi connectivity index (χ3n) is 3.54. The van der Waals surface area contributed by atoms with Gasteiger partial charge in [0.05, 0.1) is 6.04 Å². The zero-order chi connectivity index (χ0) is 12.1. The van der Waals surface area contributed by atoms with Gasteiger partial charge in [-0.3, -0.25) is 4.79 Å². The number of hydrogen-bond donors (Lipinski definition) is 1. The van der Waals surface area contributed by atoms with Crippen LogP contribution >= 0.6 is 0 Å². The predicted octanol–water partition coefficient (Wildman–Crippen LogP) is 2.15. The molecule has 0 saturated carbocycles. The number of nitrogens with zero attached hydrogens (tertiary/aromatic N) is 1. The Morgan fingerprint density at radius 2 is 2.12 bits per heavy atom. The number of carbonyl (C=O) groups excluding carboxylic acids is 1. The van der Waals surface area contributed by atoms with Crippen molar-refractivity contribution in [1.82, 2.24) is 4.90 Å². The molecular weight excluding hydrogens is 200 g/mol. The van der Waals surface area contributed by atoms with Gasteiger partial charge in [-0.15, -0.1) is 0 Å². The second-order valence-electron chi connectivity index (χ2n) is 5.24. The maximum atomic E-state index is 12.2. The third kappa shape index (κ3) is 3.21. The Labute approximate surface area is 99.4 Å². The molecule has 0 radical (unpaired) electrons. The van der Waals surface area contributed by atoms with E-state index in [1.165, 1.54) is 6.42 Å². The van der Waals surface area contributed by atoms with E-state index in [-0.39, 0.29) is 17.9 Å². The third-order valence-corrected chi connectivity index (χ3v) is 3.54. The van der Waals surface area contributed by atoms with E-state index in [2.05, 4.69) is 6.92 Å². The van der Waals surface area contributed by atoms with Gasteiger partial charge in [0.25, 0.3) is 0 Å². The molecule has 0 aromatic heterocycles. The SMILES string of the molecule is CCCC1CCCCN1C(=O)[C@H](N)C(C)C. The van der Waals surface area contributed by atoms with Crippen molar-refractivity contribution in [2.75, 3.05) is 6.54 Å². The Kier molecular flexibility index (Phi) is 5.26. The van der Waals surface area contributed by atoms with Crippen LogP contribution in [0.5, 0.6) is 0 Å². The molecule has 1 heterocycles.